The molecule has 4 aliphatic rings. The van der Waals surface area contributed by atoms with Crippen LogP contribution in [0.3, 0.4) is 0 Å². The van der Waals surface area contributed by atoms with Gasteiger partial charge in [-0.2, -0.15) is 0 Å². The van der Waals surface area contributed by atoms with Crippen LogP contribution >= 0.6 is 15.8 Å². The molecule has 2 fully saturated rings. The van der Waals surface area contributed by atoms with Crippen molar-refractivity contribution in [2.75, 3.05) is 13.2 Å². The van der Waals surface area contributed by atoms with Gasteiger partial charge in [-0.3, -0.25) is 0 Å². The molecule has 295 valence electrons. The first-order valence-corrected chi connectivity index (χ1v) is 23.6. The maximum Gasteiger partial charge on any atom is 0.190 e. The van der Waals surface area contributed by atoms with E-state index in [1.54, 1.807) is 0 Å². The van der Waals surface area contributed by atoms with E-state index in [1.807, 2.05) is 0 Å². The van der Waals surface area contributed by atoms with Gasteiger partial charge in [-0.1, -0.05) is 114 Å². The molecule has 55 heavy (non-hydrogen) atoms. The first-order chi connectivity index (χ1) is 26.1. The van der Waals surface area contributed by atoms with Gasteiger partial charge in [0.2, 0.25) is 0 Å². The number of ether oxygens (including phenoxy) is 2. The summed E-state index contributed by atoms with van der Waals surface area (Å²) in [6.45, 7) is 15.1. The number of benzene rings is 4. The summed E-state index contributed by atoms with van der Waals surface area (Å²) in [6.07, 6.45) is 7.57. The molecule has 8 rings (SSSR count). The largest absolute Gasteiger partial charge is 0.478 e. The van der Waals surface area contributed by atoms with E-state index in [-0.39, 0.29) is 45.3 Å². The molecule has 2 unspecified atom stereocenters. The summed E-state index contributed by atoms with van der Waals surface area (Å²) in [7, 11) is -1.75. The molecule has 2 aliphatic heterocycles. The van der Waals surface area contributed by atoms with Crippen LogP contribution in [0.15, 0.2) is 131 Å². The Morgan fingerprint density at radius 2 is 0.745 bits per heavy atom. The average molecular weight is 958 g/mol. The van der Waals surface area contributed by atoms with Crippen LogP contribution in [-0.4, -0.2) is 48.4 Å². The van der Waals surface area contributed by atoms with Gasteiger partial charge in [0.1, 0.15) is 13.2 Å². The van der Waals surface area contributed by atoms with Crippen molar-refractivity contribution in [3.63, 3.8) is 0 Å². The molecule has 0 amide bonds. The van der Waals surface area contributed by atoms with Crippen molar-refractivity contribution in [2.24, 2.45) is 32.7 Å². The van der Waals surface area contributed by atoms with Crippen molar-refractivity contribution in [1.82, 2.24) is 0 Å². The molecule has 6 atom stereocenters. The third kappa shape index (κ3) is 10.1. The molecular formula is C48H62AuN2O2P2+2. The predicted molar refractivity (Wildman–Crippen MR) is 236 cm³/mol. The summed E-state index contributed by atoms with van der Waals surface area (Å²) in [4.78, 5) is 10.1. The standard InChI is InChI=1S/2C24H30NOP.Au/c2*1-24(2,3)22-17-26-23(25-22)20-15-10-16-21(20)27(18-11-6-4-7-12-18)19-13-8-5-9-14-19;/h2*4-9,11-14,20-22H,10,15-17H2,1-3H3;/p+2/t2*20?,21-,22+;/m10./s1. The van der Waals surface area contributed by atoms with Crippen LogP contribution < -0.4 is 21.2 Å². The molecule has 4 aromatic carbocycles. The van der Waals surface area contributed by atoms with Crippen LogP contribution in [0.25, 0.3) is 0 Å². The van der Waals surface area contributed by atoms with Crippen LogP contribution in [-0.2, 0) is 31.9 Å². The zero-order valence-corrected chi connectivity index (χ0v) is 37.8. The Morgan fingerprint density at radius 3 is 1.00 bits per heavy atom. The van der Waals surface area contributed by atoms with Crippen LogP contribution in [0.1, 0.15) is 80.1 Å². The molecule has 0 saturated heterocycles. The molecule has 4 nitrogen and oxygen atoms in total. The van der Waals surface area contributed by atoms with Crippen molar-refractivity contribution < 1.29 is 31.9 Å². The summed E-state index contributed by atoms with van der Waals surface area (Å²) in [5.41, 5.74) is 1.64. The minimum atomic E-state index is -0.875. The predicted octanol–water partition coefficient (Wildman–Crippen LogP) is 9.72. The van der Waals surface area contributed by atoms with Crippen LogP contribution in [0, 0.1) is 22.7 Å². The van der Waals surface area contributed by atoms with Crippen molar-refractivity contribution >= 4 is 48.9 Å². The minimum Gasteiger partial charge on any atom is -0.478 e. The van der Waals surface area contributed by atoms with Crippen molar-refractivity contribution in [1.29, 1.82) is 0 Å². The van der Waals surface area contributed by atoms with E-state index < -0.39 is 15.8 Å². The van der Waals surface area contributed by atoms with E-state index >= 15 is 0 Å². The van der Waals surface area contributed by atoms with Gasteiger partial charge in [-0.05, 0) is 97.9 Å². The van der Waals surface area contributed by atoms with E-state index in [2.05, 4.69) is 163 Å². The molecule has 2 heterocycles. The van der Waals surface area contributed by atoms with Gasteiger partial charge in [0, 0.05) is 22.4 Å². The Hall–Kier alpha value is -2.58. The van der Waals surface area contributed by atoms with Crippen LogP contribution in [0.5, 0.6) is 0 Å². The maximum absolute atomic E-state index is 6.19. The fraction of sp³-hybridized carbons (Fsp3) is 0.458. The average Bonchev–Trinajstić information content (AvgIpc) is 4.01. The van der Waals surface area contributed by atoms with Crippen molar-refractivity contribution in [3.8, 4) is 0 Å². The molecule has 0 bridgehead atoms. The Balaban J connectivity index is 0.000000184. The Labute approximate surface area is 349 Å². The monoisotopic (exact) mass is 957 g/mol. The fourth-order valence-corrected chi connectivity index (χ4v) is 15.9. The first-order valence-electron chi connectivity index (χ1n) is 20.4. The number of hydrogen-bond acceptors (Lipinski definition) is 4. The molecular weight excluding hydrogens is 895 g/mol. The van der Waals surface area contributed by atoms with Crippen molar-refractivity contribution in [3.05, 3.63) is 121 Å². The van der Waals surface area contributed by atoms with E-state index in [9.17, 15) is 0 Å². The van der Waals surface area contributed by atoms with Gasteiger partial charge in [-0.25, -0.2) is 9.98 Å². The smallest absolute Gasteiger partial charge is 0.190 e. The molecule has 0 N–H and O–H groups in total. The Kier molecular flexibility index (Phi) is 14.4. The molecule has 0 aromatic heterocycles. The molecule has 2 saturated carbocycles. The summed E-state index contributed by atoms with van der Waals surface area (Å²) < 4.78 is 12.4. The van der Waals surface area contributed by atoms with Gasteiger partial charge in [0.15, 0.2) is 11.8 Å². The van der Waals surface area contributed by atoms with E-state index in [0.29, 0.717) is 23.2 Å². The van der Waals surface area contributed by atoms with E-state index in [0.717, 1.165) is 25.0 Å². The summed E-state index contributed by atoms with van der Waals surface area (Å²) in [6, 6.07) is 45.2. The van der Waals surface area contributed by atoms with Crippen molar-refractivity contribution in [2.45, 2.75) is 103 Å². The Bertz CT molecular complexity index is 1630. The molecule has 0 spiro atoms. The molecule has 1 radical (unpaired) electrons. The first kappa shape index (κ1) is 42.0. The van der Waals surface area contributed by atoms with Gasteiger partial charge in [-0.15, -0.1) is 0 Å². The second kappa shape index (κ2) is 18.8. The number of nitrogens with zero attached hydrogens (tertiary/aromatic N) is 2. The third-order valence-corrected chi connectivity index (χ3v) is 18.8. The minimum absolute atomic E-state index is 0. The number of rotatable bonds is 8. The Morgan fingerprint density at radius 1 is 0.455 bits per heavy atom. The van der Waals surface area contributed by atoms with Gasteiger partial charge < -0.3 is 9.47 Å². The normalized spacial score (nSPS) is 25.0. The zero-order valence-electron chi connectivity index (χ0n) is 33.7. The van der Waals surface area contributed by atoms with Gasteiger partial charge in [0.05, 0.1) is 72.3 Å². The number of aliphatic imine (C=N–C) groups is 2. The van der Waals surface area contributed by atoms with Crippen LogP contribution in [0.4, 0.5) is 0 Å². The topological polar surface area (TPSA) is 43.2 Å². The van der Waals surface area contributed by atoms with Gasteiger partial charge >= 0.3 is 0 Å². The summed E-state index contributed by atoms with van der Waals surface area (Å²) in [5, 5.41) is 6.04. The second-order valence-corrected chi connectivity index (χ2v) is 23.3. The maximum atomic E-state index is 6.19. The fourth-order valence-electron chi connectivity index (χ4n) is 8.94. The zero-order chi connectivity index (χ0) is 37.7. The third-order valence-electron chi connectivity index (χ3n) is 12.1. The second-order valence-electron chi connectivity index (χ2n) is 17.9. The van der Waals surface area contributed by atoms with E-state index in [1.165, 1.54) is 59.7 Å². The summed E-state index contributed by atoms with van der Waals surface area (Å²) in [5.74, 6) is 3.05. The van der Waals surface area contributed by atoms with E-state index in [4.69, 9.17) is 19.5 Å². The van der Waals surface area contributed by atoms with Crippen LogP contribution in [0.2, 0.25) is 0 Å². The quantitative estimate of drug-likeness (QED) is 0.131. The molecule has 2 aliphatic carbocycles. The SMILES string of the molecule is CC(C)(C)[C@@H]1COC(C2CCC[C@H]2[PH+](c2ccccc2)c2ccccc2)=N1.CC(C)(C)[C@H]1COC(C2CCC[C@@H]2[PH+](c2ccccc2)c2ccccc2)=N1.[Au]. The number of hydrogen-bond donors (Lipinski definition) is 0. The van der Waals surface area contributed by atoms with Gasteiger partial charge in [0.25, 0.3) is 0 Å². The molecule has 4 aromatic rings. The summed E-state index contributed by atoms with van der Waals surface area (Å²) >= 11 is 0. The molecule has 7 heteroatoms.